The molecule has 0 aliphatic carbocycles. The number of piperidine rings is 1. The zero-order valence-corrected chi connectivity index (χ0v) is 12.2. The van der Waals surface area contributed by atoms with E-state index in [0.717, 1.165) is 18.4 Å². The van der Waals surface area contributed by atoms with E-state index < -0.39 is 12.3 Å². The summed E-state index contributed by atoms with van der Waals surface area (Å²) in [5, 5.41) is 10.1. The Morgan fingerprint density at radius 2 is 2.05 bits per heavy atom. The normalized spacial score (nSPS) is 26.4. The van der Waals surface area contributed by atoms with Crippen molar-refractivity contribution in [2.45, 2.75) is 52.0 Å². The van der Waals surface area contributed by atoms with Gasteiger partial charge in [-0.2, -0.15) is 0 Å². The van der Waals surface area contributed by atoms with Gasteiger partial charge in [0.05, 0.1) is 0 Å². The summed E-state index contributed by atoms with van der Waals surface area (Å²) in [5.74, 6) is 0.484. The number of likely N-dealkylation sites (tertiary alicyclic amines) is 1. The molecule has 20 heavy (non-hydrogen) atoms. The van der Waals surface area contributed by atoms with Gasteiger partial charge in [0, 0.05) is 6.04 Å². The van der Waals surface area contributed by atoms with Crippen molar-refractivity contribution in [2.75, 3.05) is 0 Å². The maximum absolute atomic E-state index is 12.1. The summed E-state index contributed by atoms with van der Waals surface area (Å²) < 4.78 is 5.30. The Balaban J connectivity index is 1.91. The summed E-state index contributed by atoms with van der Waals surface area (Å²) in [6.07, 6.45) is 1.44. The Labute approximate surface area is 120 Å². The summed E-state index contributed by atoms with van der Waals surface area (Å²) in [5.41, 5.74) is 0.950. The molecule has 1 fully saturated rings. The van der Waals surface area contributed by atoms with Gasteiger partial charge in [0.2, 0.25) is 0 Å². The molecule has 1 aliphatic rings. The van der Waals surface area contributed by atoms with E-state index in [1.165, 1.54) is 4.90 Å². The van der Waals surface area contributed by atoms with E-state index in [0.29, 0.717) is 12.3 Å². The molecule has 0 radical (unpaired) electrons. The second kappa shape index (κ2) is 6.75. The zero-order chi connectivity index (χ0) is 14.5. The van der Waals surface area contributed by atoms with Crippen molar-refractivity contribution >= 4 is 6.09 Å². The molecule has 0 spiro atoms. The molecule has 3 atom stereocenters. The van der Waals surface area contributed by atoms with Gasteiger partial charge in [0.25, 0.3) is 0 Å². The summed E-state index contributed by atoms with van der Waals surface area (Å²) in [7, 11) is 0. The largest absolute Gasteiger partial charge is 0.444 e. The number of aliphatic hydroxyl groups is 1. The Bertz CT molecular complexity index is 423. The fourth-order valence-corrected chi connectivity index (χ4v) is 2.83. The highest BCUT2D eigenvalue weighted by Crippen LogP contribution is 2.29. The predicted molar refractivity (Wildman–Crippen MR) is 76.9 cm³/mol. The molecule has 1 aliphatic heterocycles. The number of rotatable bonds is 3. The lowest BCUT2D eigenvalue weighted by Crippen LogP contribution is -2.51. The fraction of sp³-hybridized carbons (Fsp3) is 0.562. The molecule has 110 valence electrons. The van der Waals surface area contributed by atoms with Crippen LogP contribution < -0.4 is 0 Å². The third kappa shape index (κ3) is 3.51. The van der Waals surface area contributed by atoms with Crippen molar-refractivity contribution in [2.24, 2.45) is 5.92 Å². The number of benzene rings is 1. The molecule has 4 nitrogen and oxygen atoms in total. The van der Waals surface area contributed by atoms with Gasteiger partial charge >= 0.3 is 6.09 Å². The van der Waals surface area contributed by atoms with E-state index >= 15 is 0 Å². The highest BCUT2D eigenvalue weighted by atomic mass is 16.6. The number of nitrogens with zero attached hydrogens (tertiary/aromatic N) is 1. The lowest BCUT2D eigenvalue weighted by Gasteiger charge is -2.40. The summed E-state index contributed by atoms with van der Waals surface area (Å²) in [4.78, 5) is 13.6. The molecule has 1 amide bonds. The third-order valence-corrected chi connectivity index (χ3v) is 4.01. The molecular formula is C16H23NO3. The molecule has 3 unspecified atom stereocenters. The number of amides is 1. The van der Waals surface area contributed by atoms with Crippen LogP contribution in [0.5, 0.6) is 0 Å². The Morgan fingerprint density at radius 1 is 1.35 bits per heavy atom. The highest BCUT2D eigenvalue weighted by Gasteiger charge is 2.35. The minimum absolute atomic E-state index is 0.0203. The number of aliphatic hydroxyl groups excluding tert-OH is 1. The van der Waals surface area contributed by atoms with Crippen molar-refractivity contribution in [3.63, 3.8) is 0 Å². The first-order chi connectivity index (χ1) is 9.61. The van der Waals surface area contributed by atoms with E-state index in [-0.39, 0.29) is 12.6 Å². The van der Waals surface area contributed by atoms with Gasteiger partial charge in [-0.3, -0.25) is 4.90 Å². The van der Waals surface area contributed by atoms with Crippen LogP contribution in [-0.2, 0) is 11.3 Å². The Kier molecular flexibility index (Phi) is 5.01. The van der Waals surface area contributed by atoms with Crippen molar-refractivity contribution in [3.05, 3.63) is 35.9 Å². The van der Waals surface area contributed by atoms with Crippen LogP contribution in [0, 0.1) is 5.92 Å². The number of carbonyl (C=O) groups is 1. The predicted octanol–water partition coefficient (Wildman–Crippen LogP) is 3.15. The zero-order valence-electron chi connectivity index (χ0n) is 12.2. The van der Waals surface area contributed by atoms with Crippen LogP contribution in [0.3, 0.4) is 0 Å². The van der Waals surface area contributed by atoms with Crippen LogP contribution in [0.1, 0.15) is 38.7 Å². The van der Waals surface area contributed by atoms with Gasteiger partial charge in [-0.1, -0.05) is 43.7 Å². The molecule has 4 heteroatoms. The molecule has 1 aromatic carbocycles. The topological polar surface area (TPSA) is 49.8 Å². The van der Waals surface area contributed by atoms with Gasteiger partial charge in [0.1, 0.15) is 12.8 Å². The minimum atomic E-state index is -0.730. The molecule has 0 bridgehead atoms. The minimum Gasteiger partial charge on any atom is -0.444 e. The first-order valence-corrected chi connectivity index (χ1v) is 7.29. The summed E-state index contributed by atoms with van der Waals surface area (Å²) in [6, 6.07) is 9.59. The van der Waals surface area contributed by atoms with Crippen molar-refractivity contribution < 1.29 is 14.6 Å². The smallest absolute Gasteiger partial charge is 0.412 e. The van der Waals surface area contributed by atoms with E-state index in [1.54, 1.807) is 0 Å². The lowest BCUT2D eigenvalue weighted by atomic mass is 9.89. The third-order valence-electron chi connectivity index (χ3n) is 4.01. The Morgan fingerprint density at radius 3 is 2.65 bits per heavy atom. The molecule has 2 rings (SSSR count). The molecule has 1 aromatic rings. The van der Waals surface area contributed by atoms with Gasteiger partial charge in [-0.05, 0) is 31.2 Å². The number of ether oxygens (including phenoxy) is 1. The number of hydrogen-bond donors (Lipinski definition) is 1. The van der Waals surface area contributed by atoms with E-state index in [2.05, 4.69) is 6.92 Å². The quantitative estimate of drug-likeness (QED) is 0.923. The Hall–Kier alpha value is -1.55. The number of carbonyl (C=O) groups excluding carboxylic acids is 1. The maximum Gasteiger partial charge on any atom is 0.412 e. The first kappa shape index (κ1) is 14.9. The van der Waals surface area contributed by atoms with Crippen LogP contribution in [0.2, 0.25) is 0 Å². The average molecular weight is 277 g/mol. The van der Waals surface area contributed by atoms with Gasteiger partial charge in [0.15, 0.2) is 0 Å². The van der Waals surface area contributed by atoms with Gasteiger partial charge in [-0.25, -0.2) is 4.79 Å². The molecule has 0 aromatic heterocycles. The fourth-order valence-electron chi connectivity index (χ4n) is 2.83. The maximum atomic E-state index is 12.1. The van der Waals surface area contributed by atoms with Crippen LogP contribution in [0.25, 0.3) is 0 Å². The van der Waals surface area contributed by atoms with Crippen molar-refractivity contribution in [3.8, 4) is 0 Å². The van der Waals surface area contributed by atoms with E-state index in [9.17, 15) is 9.90 Å². The van der Waals surface area contributed by atoms with Gasteiger partial charge < -0.3 is 9.84 Å². The SMILES string of the molecule is CCC1CC(C)N(C(=O)OCc2ccccc2)C(O)C1. The van der Waals surface area contributed by atoms with E-state index in [4.69, 9.17) is 4.74 Å². The van der Waals surface area contributed by atoms with E-state index in [1.807, 2.05) is 37.3 Å². The van der Waals surface area contributed by atoms with Crippen molar-refractivity contribution in [1.82, 2.24) is 4.90 Å². The van der Waals surface area contributed by atoms with Crippen molar-refractivity contribution in [1.29, 1.82) is 0 Å². The molecule has 1 saturated heterocycles. The standard InChI is InChI=1S/C16H23NO3/c1-3-13-9-12(2)17(15(18)10-13)16(19)20-11-14-7-5-4-6-8-14/h4-8,12-13,15,18H,3,9-11H2,1-2H3. The lowest BCUT2D eigenvalue weighted by molar-refractivity contribution is -0.0625. The molecule has 1 heterocycles. The monoisotopic (exact) mass is 277 g/mol. The second-order valence-corrected chi connectivity index (χ2v) is 5.52. The van der Waals surface area contributed by atoms with Gasteiger partial charge in [-0.15, -0.1) is 0 Å². The molecule has 1 N–H and O–H groups in total. The second-order valence-electron chi connectivity index (χ2n) is 5.52. The molecular weight excluding hydrogens is 254 g/mol. The van der Waals surface area contributed by atoms with Crippen LogP contribution in [0.15, 0.2) is 30.3 Å². The summed E-state index contributed by atoms with van der Waals surface area (Å²) >= 11 is 0. The highest BCUT2D eigenvalue weighted by molar-refractivity contribution is 5.68. The van der Waals surface area contributed by atoms with Crippen LogP contribution >= 0.6 is 0 Å². The molecule has 0 saturated carbocycles. The van der Waals surface area contributed by atoms with Crippen LogP contribution in [-0.4, -0.2) is 28.4 Å². The first-order valence-electron chi connectivity index (χ1n) is 7.29. The number of hydrogen-bond acceptors (Lipinski definition) is 3. The van der Waals surface area contributed by atoms with Crippen LogP contribution in [0.4, 0.5) is 4.79 Å². The average Bonchev–Trinajstić information content (AvgIpc) is 2.45. The summed E-state index contributed by atoms with van der Waals surface area (Å²) in [6.45, 7) is 4.33.